The van der Waals surface area contributed by atoms with Crippen LogP contribution in [0.15, 0.2) is 59.1 Å². The Morgan fingerprint density at radius 2 is 1.82 bits per heavy atom. The standard InChI is InChI=1S/C21H15F4N5O2S2/c1-32-16-10-30(15-8-6-14(22)7-9-15)29-17(16)18(31)26-19-27-28-20(34-19)33-11-12-2-4-13(5-3-12)21(23,24)25/h2-10H,11H2,1H3,(H,26,27,31). The average Bonchev–Trinajstić information content (AvgIpc) is 3.45. The van der Waals surface area contributed by atoms with Crippen molar-refractivity contribution in [3.63, 3.8) is 0 Å². The monoisotopic (exact) mass is 509 g/mol. The number of carbonyl (C=O) groups is 1. The number of thioether (sulfide) groups is 1. The summed E-state index contributed by atoms with van der Waals surface area (Å²) in [5.41, 5.74) is 0.520. The van der Waals surface area contributed by atoms with Crippen molar-refractivity contribution < 1.29 is 27.1 Å². The number of aromatic nitrogens is 4. The van der Waals surface area contributed by atoms with Crippen LogP contribution in [0.25, 0.3) is 5.69 Å². The molecular formula is C21H15F4N5O2S2. The van der Waals surface area contributed by atoms with E-state index in [-0.39, 0.29) is 16.6 Å². The molecule has 0 saturated heterocycles. The van der Waals surface area contributed by atoms with Crippen LogP contribution in [0.1, 0.15) is 21.6 Å². The van der Waals surface area contributed by atoms with Crippen molar-refractivity contribution in [2.75, 3.05) is 12.4 Å². The molecule has 2 aromatic carbocycles. The maximum atomic E-state index is 13.2. The van der Waals surface area contributed by atoms with E-state index in [9.17, 15) is 22.4 Å². The highest BCUT2D eigenvalue weighted by molar-refractivity contribution is 8.00. The minimum absolute atomic E-state index is 0.000910. The molecule has 0 aliphatic rings. The summed E-state index contributed by atoms with van der Waals surface area (Å²) in [5.74, 6) is -0.378. The molecule has 0 radical (unpaired) electrons. The first-order valence-electron chi connectivity index (χ1n) is 9.56. The van der Waals surface area contributed by atoms with Gasteiger partial charge in [0.25, 0.3) is 5.91 Å². The molecule has 0 unspecified atom stereocenters. The van der Waals surface area contributed by atoms with Gasteiger partial charge in [0.2, 0.25) is 5.13 Å². The number of halogens is 4. The Morgan fingerprint density at radius 1 is 1.12 bits per heavy atom. The highest BCUT2D eigenvalue weighted by atomic mass is 32.2. The average molecular weight is 510 g/mol. The van der Waals surface area contributed by atoms with Gasteiger partial charge >= 0.3 is 6.18 Å². The number of anilines is 1. The quantitative estimate of drug-likeness (QED) is 0.203. The molecule has 1 amide bonds. The second-order valence-electron chi connectivity index (χ2n) is 6.78. The molecule has 0 aliphatic heterocycles. The predicted molar refractivity (Wildman–Crippen MR) is 119 cm³/mol. The number of carbonyl (C=O) groups excluding carboxylic acids is 1. The van der Waals surface area contributed by atoms with E-state index in [0.717, 1.165) is 23.5 Å². The Morgan fingerprint density at radius 3 is 2.47 bits per heavy atom. The molecule has 4 rings (SSSR count). The molecule has 176 valence electrons. The van der Waals surface area contributed by atoms with Gasteiger partial charge in [-0.05, 0) is 42.0 Å². The summed E-state index contributed by atoms with van der Waals surface area (Å²) in [6.07, 6.45) is -2.89. The zero-order valence-corrected chi connectivity index (χ0v) is 19.0. The minimum Gasteiger partial charge on any atom is -0.493 e. The SMILES string of the molecule is COc1cn(-c2ccc(F)cc2)nc1C(=O)Nc1nnc(SCc2ccc(C(F)(F)F)cc2)s1. The smallest absolute Gasteiger partial charge is 0.416 e. The molecule has 0 fully saturated rings. The van der Waals surface area contributed by atoms with E-state index >= 15 is 0 Å². The van der Waals surface area contributed by atoms with Crippen LogP contribution in [0.4, 0.5) is 22.7 Å². The molecule has 4 aromatic rings. The van der Waals surface area contributed by atoms with Crippen LogP contribution in [-0.4, -0.2) is 33.0 Å². The zero-order valence-electron chi connectivity index (χ0n) is 17.3. The number of nitrogens with zero attached hydrogens (tertiary/aromatic N) is 4. The predicted octanol–water partition coefficient (Wildman–Crippen LogP) is 5.43. The summed E-state index contributed by atoms with van der Waals surface area (Å²) in [5, 5.41) is 14.9. The van der Waals surface area contributed by atoms with E-state index in [0.29, 0.717) is 21.3 Å². The first-order chi connectivity index (χ1) is 16.2. The highest BCUT2D eigenvalue weighted by Crippen LogP contribution is 2.32. The van der Waals surface area contributed by atoms with Crippen molar-refractivity contribution in [1.29, 1.82) is 0 Å². The molecule has 0 saturated carbocycles. The molecule has 2 heterocycles. The molecule has 2 aromatic heterocycles. The summed E-state index contributed by atoms with van der Waals surface area (Å²) in [6, 6.07) is 10.4. The number of methoxy groups -OCH3 is 1. The van der Waals surface area contributed by atoms with Gasteiger partial charge in [0.05, 0.1) is 24.6 Å². The molecule has 0 atom stereocenters. The maximum absolute atomic E-state index is 13.2. The van der Waals surface area contributed by atoms with Gasteiger partial charge in [-0.3, -0.25) is 10.1 Å². The fraction of sp³-hybridized carbons (Fsp3) is 0.143. The highest BCUT2D eigenvalue weighted by Gasteiger charge is 2.30. The fourth-order valence-corrected chi connectivity index (χ4v) is 4.50. The van der Waals surface area contributed by atoms with E-state index in [1.807, 2.05) is 0 Å². The maximum Gasteiger partial charge on any atom is 0.416 e. The number of benzene rings is 2. The van der Waals surface area contributed by atoms with E-state index in [4.69, 9.17) is 4.74 Å². The van der Waals surface area contributed by atoms with Crippen LogP contribution in [-0.2, 0) is 11.9 Å². The second-order valence-corrected chi connectivity index (χ2v) is 8.98. The third kappa shape index (κ3) is 5.54. The van der Waals surface area contributed by atoms with Gasteiger partial charge in [0.15, 0.2) is 15.8 Å². The van der Waals surface area contributed by atoms with Gasteiger partial charge in [-0.25, -0.2) is 9.07 Å². The number of hydrogen-bond acceptors (Lipinski definition) is 7. The number of amides is 1. The lowest BCUT2D eigenvalue weighted by Gasteiger charge is -2.06. The Bertz CT molecular complexity index is 1290. The third-order valence-electron chi connectivity index (χ3n) is 4.48. The van der Waals surface area contributed by atoms with Crippen molar-refractivity contribution in [3.8, 4) is 11.4 Å². The molecule has 7 nitrogen and oxygen atoms in total. The Hall–Kier alpha value is -3.45. The molecule has 13 heteroatoms. The van der Waals surface area contributed by atoms with Gasteiger partial charge in [-0.1, -0.05) is 35.2 Å². The van der Waals surface area contributed by atoms with Crippen molar-refractivity contribution in [2.45, 2.75) is 16.3 Å². The van der Waals surface area contributed by atoms with E-state index < -0.39 is 23.5 Å². The molecule has 1 N–H and O–H groups in total. The number of alkyl halides is 3. The first kappa shape index (κ1) is 23.7. The van der Waals surface area contributed by atoms with Crippen LogP contribution in [0.3, 0.4) is 0 Å². The lowest BCUT2D eigenvalue weighted by atomic mass is 10.1. The molecule has 0 bridgehead atoms. The van der Waals surface area contributed by atoms with Crippen LogP contribution < -0.4 is 10.1 Å². The number of hydrogen-bond donors (Lipinski definition) is 1. The van der Waals surface area contributed by atoms with E-state index in [1.54, 1.807) is 0 Å². The number of nitrogens with one attached hydrogen (secondary N) is 1. The van der Waals surface area contributed by atoms with Crippen LogP contribution in [0.2, 0.25) is 0 Å². The van der Waals surface area contributed by atoms with Crippen molar-refractivity contribution in [2.24, 2.45) is 0 Å². The summed E-state index contributed by atoms with van der Waals surface area (Å²) in [4.78, 5) is 12.7. The van der Waals surface area contributed by atoms with Crippen LogP contribution in [0, 0.1) is 5.82 Å². The Labute approximate surface area is 198 Å². The molecule has 34 heavy (non-hydrogen) atoms. The van der Waals surface area contributed by atoms with E-state index in [1.165, 1.54) is 66.1 Å². The second kappa shape index (κ2) is 9.81. The van der Waals surface area contributed by atoms with Crippen molar-refractivity contribution in [1.82, 2.24) is 20.0 Å². The summed E-state index contributed by atoms with van der Waals surface area (Å²) in [7, 11) is 1.39. The first-order valence-corrected chi connectivity index (χ1v) is 11.4. The van der Waals surface area contributed by atoms with Crippen LogP contribution in [0.5, 0.6) is 5.75 Å². The molecule has 0 spiro atoms. The van der Waals surface area contributed by atoms with Crippen molar-refractivity contribution in [3.05, 3.63) is 77.4 Å². The lowest BCUT2D eigenvalue weighted by molar-refractivity contribution is -0.137. The van der Waals surface area contributed by atoms with Gasteiger partial charge in [-0.15, -0.1) is 10.2 Å². The normalized spacial score (nSPS) is 11.4. The molecule has 0 aliphatic carbocycles. The zero-order chi connectivity index (χ0) is 24.3. The van der Waals surface area contributed by atoms with E-state index in [2.05, 4.69) is 20.6 Å². The summed E-state index contributed by atoms with van der Waals surface area (Å²) < 4.78 is 58.3. The summed E-state index contributed by atoms with van der Waals surface area (Å²) >= 11 is 2.39. The third-order valence-corrected chi connectivity index (χ3v) is 6.52. The minimum atomic E-state index is -4.38. The number of ether oxygens (including phenoxy) is 1. The summed E-state index contributed by atoms with van der Waals surface area (Å²) in [6.45, 7) is 0. The number of rotatable bonds is 7. The lowest BCUT2D eigenvalue weighted by Crippen LogP contribution is -2.14. The van der Waals surface area contributed by atoms with Crippen molar-refractivity contribution >= 4 is 34.1 Å². The van der Waals surface area contributed by atoms with Gasteiger partial charge in [0.1, 0.15) is 5.82 Å². The van der Waals surface area contributed by atoms with Gasteiger partial charge < -0.3 is 4.74 Å². The van der Waals surface area contributed by atoms with Gasteiger partial charge in [-0.2, -0.15) is 18.3 Å². The Kier molecular flexibility index (Phi) is 6.84. The fourth-order valence-electron chi connectivity index (χ4n) is 2.80. The Balaban J connectivity index is 1.40. The largest absolute Gasteiger partial charge is 0.493 e. The molecular weight excluding hydrogens is 494 g/mol. The van der Waals surface area contributed by atoms with Gasteiger partial charge in [0, 0.05) is 5.75 Å². The van der Waals surface area contributed by atoms with Crippen LogP contribution >= 0.6 is 23.1 Å². The topological polar surface area (TPSA) is 81.9 Å².